The van der Waals surface area contributed by atoms with Crippen molar-refractivity contribution in [2.45, 2.75) is 26.2 Å². The summed E-state index contributed by atoms with van der Waals surface area (Å²) in [4.78, 5) is 11.8. The van der Waals surface area contributed by atoms with Crippen LogP contribution < -0.4 is 15.8 Å². The molecule has 4 nitrogen and oxygen atoms in total. The Morgan fingerprint density at radius 1 is 1.47 bits per heavy atom. The lowest BCUT2D eigenvalue weighted by Crippen LogP contribution is -2.14. The fraction of sp³-hybridized carbons (Fsp3) is 0.500. The molecule has 0 aliphatic heterocycles. The molecular formula is C14H21ClN2O2. The Bertz CT molecular complexity index is 424. The number of benzene rings is 1. The number of hydrogen-bond acceptors (Lipinski definition) is 3. The molecule has 106 valence electrons. The van der Waals surface area contributed by atoms with Crippen LogP contribution in [-0.4, -0.2) is 19.6 Å². The molecule has 0 bridgehead atoms. The summed E-state index contributed by atoms with van der Waals surface area (Å²) in [5.74, 6) is 1.05. The summed E-state index contributed by atoms with van der Waals surface area (Å²) in [6, 6.07) is 5.18. The highest BCUT2D eigenvalue weighted by molar-refractivity contribution is 6.32. The van der Waals surface area contributed by atoms with E-state index in [1.165, 1.54) is 0 Å². The first-order valence-electron chi connectivity index (χ1n) is 6.40. The third-order valence-electron chi connectivity index (χ3n) is 2.96. The van der Waals surface area contributed by atoms with Crippen molar-refractivity contribution in [3.63, 3.8) is 0 Å². The first kappa shape index (κ1) is 15.8. The van der Waals surface area contributed by atoms with Crippen molar-refractivity contribution in [2.24, 2.45) is 11.7 Å². The third kappa shape index (κ3) is 5.49. The number of anilines is 1. The van der Waals surface area contributed by atoms with E-state index in [1.807, 2.05) is 0 Å². The smallest absolute Gasteiger partial charge is 0.224 e. The van der Waals surface area contributed by atoms with Crippen molar-refractivity contribution in [1.82, 2.24) is 0 Å². The maximum absolute atomic E-state index is 11.8. The molecule has 1 unspecified atom stereocenters. The van der Waals surface area contributed by atoms with Crippen LogP contribution in [0.2, 0.25) is 5.02 Å². The third-order valence-corrected chi connectivity index (χ3v) is 3.25. The normalized spacial score (nSPS) is 12.0. The fourth-order valence-corrected chi connectivity index (χ4v) is 2.03. The van der Waals surface area contributed by atoms with Gasteiger partial charge in [-0.3, -0.25) is 4.79 Å². The van der Waals surface area contributed by atoms with Gasteiger partial charge in [-0.25, -0.2) is 0 Å². The maximum Gasteiger partial charge on any atom is 0.224 e. The monoisotopic (exact) mass is 284 g/mol. The molecule has 0 radical (unpaired) electrons. The Balaban J connectivity index is 2.46. The van der Waals surface area contributed by atoms with Crippen LogP contribution in [0.4, 0.5) is 5.69 Å². The SMILES string of the molecule is COc1ccc(NC(=O)CCC(C)CCN)cc1Cl. The number of hydrogen-bond donors (Lipinski definition) is 2. The van der Waals surface area contributed by atoms with Crippen LogP contribution in [0, 0.1) is 5.92 Å². The van der Waals surface area contributed by atoms with Gasteiger partial charge in [0.25, 0.3) is 0 Å². The van der Waals surface area contributed by atoms with Crippen LogP contribution >= 0.6 is 11.6 Å². The molecule has 3 N–H and O–H groups in total. The highest BCUT2D eigenvalue weighted by atomic mass is 35.5. The van der Waals surface area contributed by atoms with Crippen molar-refractivity contribution >= 4 is 23.2 Å². The minimum atomic E-state index is -0.00916. The summed E-state index contributed by atoms with van der Waals surface area (Å²) in [6.07, 6.45) is 2.28. The molecule has 0 aromatic heterocycles. The summed E-state index contributed by atoms with van der Waals surface area (Å²) in [6.45, 7) is 2.77. The van der Waals surface area contributed by atoms with Gasteiger partial charge in [-0.2, -0.15) is 0 Å². The van der Waals surface area contributed by atoms with Gasteiger partial charge in [0.1, 0.15) is 5.75 Å². The van der Waals surface area contributed by atoms with E-state index >= 15 is 0 Å². The van der Waals surface area contributed by atoms with Crippen LogP contribution in [0.25, 0.3) is 0 Å². The molecule has 1 aromatic carbocycles. The molecule has 5 heteroatoms. The molecular weight excluding hydrogens is 264 g/mol. The predicted molar refractivity (Wildman–Crippen MR) is 78.7 cm³/mol. The van der Waals surface area contributed by atoms with Crippen molar-refractivity contribution < 1.29 is 9.53 Å². The van der Waals surface area contributed by atoms with Gasteiger partial charge in [0, 0.05) is 12.1 Å². The van der Waals surface area contributed by atoms with Gasteiger partial charge in [-0.15, -0.1) is 0 Å². The molecule has 19 heavy (non-hydrogen) atoms. The van der Waals surface area contributed by atoms with E-state index in [0.717, 1.165) is 12.8 Å². The molecule has 1 atom stereocenters. The molecule has 0 aliphatic rings. The van der Waals surface area contributed by atoms with E-state index in [0.29, 0.717) is 35.3 Å². The van der Waals surface area contributed by atoms with E-state index in [1.54, 1.807) is 25.3 Å². The molecule has 0 saturated carbocycles. The minimum Gasteiger partial charge on any atom is -0.495 e. The standard InChI is InChI=1S/C14H21ClN2O2/c1-10(7-8-16)3-6-14(18)17-11-4-5-13(19-2)12(15)9-11/h4-5,9-10H,3,6-8,16H2,1-2H3,(H,17,18). The van der Waals surface area contributed by atoms with Gasteiger partial charge < -0.3 is 15.8 Å². The Morgan fingerprint density at radius 2 is 2.21 bits per heavy atom. The zero-order valence-electron chi connectivity index (χ0n) is 11.4. The van der Waals surface area contributed by atoms with Crippen LogP contribution in [-0.2, 0) is 4.79 Å². The average molecular weight is 285 g/mol. The number of carbonyl (C=O) groups excluding carboxylic acids is 1. The second kappa shape index (κ2) is 8.02. The number of rotatable bonds is 7. The molecule has 0 aliphatic carbocycles. The summed E-state index contributed by atoms with van der Waals surface area (Å²) >= 11 is 5.99. The van der Waals surface area contributed by atoms with E-state index in [4.69, 9.17) is 22.1 Å². The second-order valence-corrected chi connectivity index (χ2v) is 5.03. The van der Waals surface area contributed by atoms with Crippen LogP contribution in [0.1, 0.15) is 26.2 Å². The predicted octanol–water partition coefficient (Wildman–Crippen LogP) is 3.05. The van der Waals surface area contributed by atoms with Crippen molar-refractivity contribution in [3.8, 4) is 5.75 Å². The minimum absolute atomic E-state index is 0.00916. The van der Waals surface area contributed by atoms with E-state index < -0.39 is 0 Å². The summed E-state index contributed by atoms with van der Waals surface area (Å²) in [7, 11) is 1.55. The number of ether oxygens (including phenoxy) is 1. The van der Waals surface area contributed by atoms with E-state index in [-0.39, 0.29) is 5.91 Å². The Hall–Kier alpha value is -1.26. The van der Waals surface area contributed by atoms with Gasteiger partial charge in [-0.1, -0.05) is 18.5 Å². The number of halogens is 1. The molecule has 1 amide bonds. The molecule has 0 saturated heterocycles. The van der Waals surface area contributed by atoms with Gasteiger partial charge >= 0.3 is 0 Å². The first-order valence-corrected chi connectivity index (χ1v) is 6.78. The lowest BCUT2D eigenvalue weighted by atomic mass is 10.0. The summed E-state index contributed by atoms with van der Waals surface area (Å²) < 4.78 is 5.05. The quantitative estimate of drug-likeness (QED) is 0.809. The van der Waals surface area contributed by atoms with Gasteiger partial charge in [0.15, 0.2) is 0 Å². The largest absolute Gasteiger partial charge is 0.495 e. The zero-order chi connectivity index (χ0) is 14.3. The van der Waals surface area contributed by atoms with E-state index in [2.05, 4.69) is 12.2 Å². The molecule has 1 aromatic rings. The van der Waals surface area contributed by atoms with Gasteiger partial charge in [0.05, 0.1) is 12.1 Å². The maximum atomic E-state index is 11.8. The van der Waals surface area contributed by atoms with Crippen LogP contribution in [0.15, 0.2) is 18.2 Å². The number of amides is 1. The topological polar surface area (TPSA) is 64.3 Å². The highest BCUT2D eigenvalue weighted by Crippen LogP contribution is 2.27. The van der Waals surface area contributed by atoms with Crippen molar-refractivity contribution in [1.29, 1.82) is 0 Å². The number of nitrogens with one attached hydrogen (secondary N) is 1. The highest BCUT2D eigenvalue weighted by Gasteiger charge is 2.08. The number of methoxy groups -OCH3 is 1. The summed E-state index contributed by atoms with van der Waals surface area (Å²) in [5, 5.41) is 3.30. The van der Waals surface area contributed by atoms with Crippen molar-refractivity contribution in [3.05, 3.63) is 23.2 Å². The van der Waals surface area contributed by atoms with E-state index in [9.17, 15) is 4.79 Å². The Morgan fingerprint density at radius 3 is 2.79 bits per heavy atom. The summed E-state index contributed by atoms with van der Waals surface area (Å²) in [5.41, 5.74) is 6.16. The number of carbonyl (C=O) groups is 1. The lowest BCUT2D eigenvalue weighted by Gasteiger charge is -2.11. The molecule has 0 fully saturated rings. The second-order valence-electron chi connectivity index (χ2n) is 4.62. The molecule has 1 rings (SSSR count). The molecule has 0 spiro atoms. The first-order chi connectivity index (χ1) is 9.06. The van der Waals surface area contributed by atoms with Gasteiger partial charge in [-0.05, 0) is 43.5 Å². The fourth-order valence-electron chi connectivity index (χ4n) is 1.77. The molecule has 0 heterocycles. The average Bonchev–Trinajstić information content (AvgIpc) is 2.37. The lowest BCUT2D eigenvalue weighted by molar-refractivity contribution is -0.116. The van der Waals surface area contributed by atoms with Crippen LogP contribution in [0.5, 0.6) is 5.75 Å². The Labute approximate surface area is 119 Å². The Kier molecular flexibility index (Phi) is 6.67. The van der Waals surface area contributed by atoms with Crippen LogP contribution in [0.3, 0.4) is 0 Å². The van der Waals surface area contributed by atoms with Gasteiger partial charge in [0.2, 0.25) is 5.91 Å². The van der Waals surface area contributed by atoms with Crippen molar-refractivity contribution in [2.75, 3.05) is 19.0 Å². The number of nitrogens with two attached hydrogens (primary N) is 1. The zero-order valence-corrected chi connectivity index (χ0v) is 12.2.